The molecule has 4 nitrogen and oxygen atoms in total. The van der Waals surface area contributed by atoms with Crippen LogP contribution in [0, 0.1) is 29.1 Å². The van der Waals surface area contributed by atoms with Gasteiger partial charge in [0.25, 0.3) is 0 Å². The molecule has 2 saturated heterocycles. The smallest absolute Gasteiger partial charge is 0.314 e. The van der Waals surface area contributed by atoms with Crippen molar-refractivity contribution in [2.24, 2.45) is 23.7 Å². The lowest BCUT2D eigenvalue weighted by molar-refractivity contribution is -0.283. The van der Waals surface area contributed by atoms with Gasteiger partial charge in [0.2, 0.25) is 11.5 Å². The zero-order chi connectivity index (χ0) is 17.4. The summed E-state index contributed by atoms with van der Waals surface area (Å²) in [6, 6.07) is 10.7. The third-order valence-electron chi connectivity index (χ3n) is 5.81. The number of amides is 1. The van der Waals surface area contributed by atoms with Gasteiger partial charge in [0.1, 0.15) is 6.04 Å². The zero-order valence-electron chi connectivity index (χ0n) is 13.7. The first-order chi connectivity index (χ1) is 12.2. The lowest BCUT2D eigenvalue weighted by Gasteiger charge is -2.21. The molecule has 1 aromatic carbocycles. The predicted octanol–water partition coefficient (Wildman–Crippen LogP) is 1.88. The summed E-state index contributed by atoms with van der Waals surface area (Å²) in [4.78, 5) is 24.3. The fourth-order valence-corrected chi connectivity index (χ4v) is 5.72. The highest BCUT2D eigenvalue weighted by Crippen LogP contribution is 2.57. The number of carbonyl (C=O) groups is 2. The van der Waals surface area contributed by atoms with Crippen LogP contribution in [-0.2, 0) is 9.59 Å². The van der Waals surface area contributed by atoms with Gasteiger partial charge in [-0.2, -0.15) is 0 Å². The normalized spacial score (nSPS) is 35.2. The standard InChI is InChI=1S/C19H18NOS.CH2O2/c21-19-17-13-7-6-12(10-13)16(17)18-14(8-9-20(18)19)11-22-15-4-2-1-3-5-15;2-1-3/h1-7,12-13,16-18H,8-10H2;1H,(H,2,3)/q+1;/p-1/t12-,13+,16-,17+,18+;/m1./s1. The summed E-state index contributed by atoms with van der Waals surface area (Å²) in [5.74, 6) is 2.32. The van der Waals surface area contributed by atoms with Gasteiger partial charge in [-0.15, -0.1) is 0 Å². The Balaban J connectivity index is 0.000000490. The highest BCUT2D eigenvalue weighted by Gasteiger charge is 2.63. The van der Waals surface area contributed by atoms with Crippen LogP contribution < -0.4 is 5.11 Å². The van der Waals surface area contributed by atoms with Crippen molar-refractivity contribution in [3.63, 3.8) is 0 Å². The number of allylic oxidation sites excluding steroid dienone is 2. The number of nitrogens with zero attached hydrogens (tertiary/aromatic N) is 1. The third kappa shape index (κ3) is 2.68. The maximum absolute atomic E-state index is 12.7. The number of carbonyl (C=O) groups excluding carboxylic acids is 2. The summed E-state index contributed by atoms with van der Waals surface area (Å²) in [5.41, 5.74) is 1.36. The lowest BCUT2D eigenvalue weighted by Crippen LogP contribution is -2.31. The lowest BCUT2D eigenvalue weighted by atomic mass is 9.80. The van der Waals surface area contributed by atoms with Crippen LogP contribution in [0.5, 0.6) is 0 Å². The molecule has 0 N–H and O–H groups in total. The first-order valence-electron chi connectivity index (χ1n) is 8.62. The first kappa shape index (κ1) is 16.4. The second kappa shape index (κ2) is 6.66. The van der Waals surface area contributed by atoms with Crippen LogP contribution in [-0.4, -0.2) is 29.9 Å². The molecule has 25 heavy (non-hydrogen) atoms. The summed E-state index contributed by atoms with van der Waals surface area (Å²) in [7, 11) is 0. The van der Waals surface area contributed by atoms with Gasteiger partial charge in [0.15, 0.2) is 11.8 Å². The van der Waals surface area contributed by atoms with E-state index in [1.54, 1.807) is 11.8 Å². The molecular formula is C20H19NO3S. The van der Waals surface area contributed by atoms with Gasteiger partial charge in [0, 0.05) is 25.4 Å². The number of carboxylic acid groups (broad SMARTS) is 1. The number of thioether (sulfide) groups is 1. The Bertz CT molecular complexity index is 730. The molecule has 0 spiro atoms. The Morgan fingerprint density at radius 1 is 1.20 bits per heavy atom. The zero-order valence-corrected chi connectivity index (χ0v) is 14.5. The average Bonchev–Trinajstić information content (AvgIpc) is 3.37. The SMILES string of the molecule is O=C1[C@@H]2[C@@H]([C@@H]3C=C[C@H]2C3)[C@@H]2C(=[C+]Sc3ccccc3)CCN12.O=C[O-]. The third-order valence-corrected chi connectivity index (χ3v) is 6.68. The molecule has 128 valence electrons. The quantitative estimate of drug-likeness (QED) is 0.353. The van der Waals surface area contributed by atoms with Gasteiger partial charge in [0.05, 0.1) is 10.8 Å². The van der Waals surface area contributed by atoms with Crippen LogP contribution in [0.4, 0.5) is 0 Å². The minimum Gasteiger partial charge on any atom is -0.554 e. The van der Waals surface area contributed by atoms with Crippen LogP contribution in [0.2, 0.25) is 0 Å². The van der Waals surface area contributed by atoms with E-state index in [2.05, 4.69) is 46.7 Å². The van der Waals surface area contributed by atoms with Gasteiger partial charge in [-0.05, 0) is 30.4 Å². The van der Waals surface area contributed by atoms with Crippen molar-refractivity contribution in [2.75, 3.05) is 6.54 Å². The van der Waals surface area contributed by atoms with E-state index < -0.39 is 6.47 Å². The fourth-order valence-electron chi connectivity index (χ4n) is 4.96. The fraction of sp³-hybridized carbons (Fsp3) is 0.400. The van der Waals surface area contributed by atoms with Gasteiger partial charge in [-0.3, -0.25) is 4.79 Å². The molecule has 5 heteroatoms. The van der Waals surface area contributed by atoms with E-state index in [9.17, 15) is 4.79 Å². The van der Waals surface area contributed by atoms with E-state index in [-0.39, 0.29) is 5.92 Å². The summed E-state index contributed by atoms with van der Waals surface area (Å²) in [6.07, 6.45) is 6.85. The molecule has 2 aliphatic heterocycles. The minimum absolute atomic E-state index is 0.263. The summed E-state index contributed by atoms with van der Waals surface area (Å²) in [5, 5.41) is 11.8. The van der Waals surface area contributed by atoms with Crippen molar-refractivity contribution in [3.8, 4) is 0 Å². The summed E-state index contributed by atoms with van der Waals surface area (Å²) >= 11 is 1.68. The molecule has 1 aromatic rings. The van der Waals surface area contributed by atoms with E-state index in [0.717, 1.165) is 13.0 Å². The number of hydrogen-bond donors (Lipinski definition) is 0. The predicted molar refractivity (Wildman–Crippen MR) is 93.0 cm³/mol. The number of benzene rings is 1. The Hall–Kier alpha value is -2.10. The van der Waals surface area contributed by atoms with Crippen LogP contribution in [0.3, 0.4) is 0 Å². The number of fused-ring (bicyclic) bond motifs is 7. The second-order valence-corrected chi connectivity index (χ2v) is 7.80. The van der Waals surface area contributed by atoms with Gasteiger partial charge in [-0.1, -0.05) is 30.4 Å². The molecule has 5 atom stereocenters. The Morgan fingerprint density at radius 3 is 2.68 bits per heavy atom. The first-order valence-corrected chi connectivity index (χ1v) is 9.44. The number of hydrogen-bond acceptors (Lipinski definition) is 4. The molecular weight excluding hydrogens is 334 g/mol. The molecule has 1 saturated carbocycles. The molecule has 2 heterocycles. The highest BCUT2D eigenvalue weighted by atomic mass is 32.2. The van der Waals surface area contributed by atoms with E-state index in [0.29, 0.717) is 29.7 Å². The Labute approximate surface area is 151 Å². The molecule has 2 bridgehead atoms. The van der Waals surface area contributed by atoms with Crippen LogP contribution in [0.1, 0.15) is 12.8 Å². The van der Waals surface area contributed by atoms with Gasteiger partial charge >= 0.3 is 5.41 Å². The minimum atomic E-state index is -0.500. The Kier molecular flexibility index (Phi) is 4.36. The summed E-state index contributed by atoms with van der Waals surface area (Å²) < 4.78 is 0. The summed E-state index contributed by atoms with van der Waals surface area (Å²) in [6.45, 7) is 0.396. The molecule has 0 aromatic heterocycles. The van der Waals surface area contributed by atoms with Crippen molar-refractivity contribution in [1.82, 2.24) is 4.90 Å². The van der Waals surface area contributed by atoms with Crippen molar-refractivity contribution >= 4 is 24.1 Å². The van der Waals surface area contributed by atoms with E-state index >= 15 is 0 Å². The topological polar surface area (TPSA) is 60.4 Å². The Morgan fingerprint density at radius 2 is 1.92 bits per heavy atom. The van der Waals surface area contributed by atoms with Crippen molar-refractivity contribution < 1.29 is 14.7 Å². The maximum Gasteiger partial charge on any atom is 0.314 e. The van der Waals surface area contributed by atoms with Crippen molar-refractivity contribution in [1.29, 1.82) is 0 Å². The van der Waals surface area contributed by atoms with E-state index in [4.69, 9.17) is 9.90 Å². The van der Waals surface area contributed by atoms with Crippen molar-refractivity contribution in [2.45, 2.75) is 23.8 Å². The monoisotopic (exact) mass is 353 g/mol. The molecule has 0 unspecified atom stereocenters. The van der Waals surface area contributed by atoms with Crippen LogP contribution >= 0.6 is 11.8 Å². The van der Waals surface area contributed by atoms with E-state index in [1.807, 2.05) is 6.07 Å². The van der Waals surface area contributed by atoms with Crippen LogP contribution in [0.25, 0.3) is 0 Å². The highest BCUT2D eigenvalue weighted by molar-refractivity contribution is 8.01. The van der Waals surface area contributed by atoms with Crippen molar-refractivity contribution in [3.05, 3.63) is 53.5 Å². The molecule has 5 rings (SSSR count). The van der Waals surface area contributed by atoms with Gasteiger partial charge in [-0.25, -0.2) is 0 Å². The molecule has 2 aliphatic carbocycles. The largest absolute Gasteiger partial charge is 0.554 e. The molecule has 1 amide bonds. The average molecular weight is 353 g/mol. The number of rotatable bonds is 2. The molecule has 0 radical (unpaired) electrons. The second-order valence-electron chi connectivity index (χ2n) is 6.92. The molecule has 3 fully saturated rings. The van der Waals surface area contributed by atoms with Crippen LogP contribution in [0.15, 0.2) is 53.0 Å². The van der Waals surface area contributed by atoms with Gasteiger partial charge < -0.3 is 14.8 Å². The maximum atomic E-state index is 12.7. The van der Waals surface area contributed by atoms with E-state index in [1.165, 1.54) is 16.9 Å². The molecule has 4 aliphatic rings.